The molecule has 21 heavy (non-hydrogen) atoms. The molecule has 1 aromatic heterocycles. The van der Waals surface area contributed by atoms with Crippen LogP contribution in [0.4, 0.5) is 4.79 Å². The van der Waals surface area contributed by atoms with Crippen molar-refractivity contribution in [1.29, 1.82) is 0 Å². The van der Waals surface area contributed by atoms with Crippen molar-refractivity contribution < 1.29 is 9.53 Å². The molecule has 1 fully saturated rings. The van der Waals surface area contributed by atoms with Gasteiger partial charge < -0.3 is 15.0 Å². The molecular formula is C16H25N3O2. The zero-order valence-electron chi connectivity index (χ0n) is 12.9. The van der Waals surface area contributed by atoms with Gasteiger partial charge in [0.25, 0.3) is 0 Å². The molecule has 1 aliphatic rings. The van der Waals surface area contributed by atoms with E-state index in [1.807, 2.05) is 19.2 Å². The van der Waals surface area contributed by atoms with Gasteiger partial charge >= 0.3 is 6.03 Å². The highest BCUT2D eigenvalue weighted by Gasteiger charge is 2.20. The molecule has 0 radical (unpaired) electrons. The van der Waals surface area contributed by atoms with Crippen molar-refractivity contribution in [1.82, 2.24) is 15.2 Å². The molecule has 2 heterocycles. The Morgan fingerprint density at radius 2 is 2.29 bits per heavy atom. The molecular weight excluding hydrogens is 266 g/mol. The Kier molecular flexibility index (Phi) is 5.99. The smallest absolute Gasteiger partial charge is 0.317 e. The molecule has 5 heteroatoms. The molecule has 0 spiro atoms. The van der Waals surface area contributed by atoms with Gasteiger partial charge in [-0.2, -0.15) is 0 Å². The first-order chi connectivity index (χ1) is 10.2. The molecule has 0 unspecified atom stereocenters. The molecule has 0 saturated carbocycles. The van der Waals surface area contributed by atoms with Crippen LogP contribution in [-0.4, -0.2) is 42.2 Å². The summed E-state index contributed by atoms with van der Waals surface area (Å²) < 4.78 is 5.56. The molecule has 116 valence electrons. The fraction of sp³-hybridized carbons (Fsp3) is 0.625. The largest absolute Gasteiger partial charge is 0.378 e. The highest BCUT2D eigenvalue weighted by atomic mass is 16.5. The zero-order chi connectivity index (χ0) is 15.1. The van der Waals surface area contributed by atoms with Gasteiger partial charge in [0.15, 0.2) is 0 Å². The van der Waals surface area contributed by atoms with E-state index in [4.69, 9.17) is 4.74 Å². The molecule has 5 nitrogen and oxygen atoms in total. The van der Waals surface area contributed by atoms with E-state index < -0.39 is 0 Å². The molecule has 2 atom stereocenters. The van der Waals surface area contributed by atoms with Gasteiger partial charge in [0, 0.05) is 32.6 Å². The van der Waals surface area contributed by atoms with E-state index in [0.29, 0.717) is 12.6 Å². The summed E-state index contributed by atoms with van der Waals surface area (Å²) in [6.45, 7) is 3.61. The number of urea groups is 1. The van der Waals surface area contributed by atoms with Crippen molar-refractivity contribution in [3.8, 4) is 0 Å². The first-order valence-electron chi connectivity index (χ1n) is 7.74. The average Bonchev–Trinajstić information content (AvgIpc) is 3.02. The van der Waals surface area contributed by atoms with Crippen molar-refractivity contribution in [3.05, 3.63) is 30.1 Å². The first-order valence-corrected chi connectivity index (χ1v) is 7.74. The van der Waals surface area contributed by atoms with Crippen molar-refractivity contribution in [3.63, 3.8) is 0 Å². The summed E-state index contributed by atoms with van der Waals surface area (Å²) >= 11 is 0. The van der Waals surface area contributed by atoms with Crippen molar-refractivity contribution >= 4 is 6.03 Å². The number of carbonyl (C=O) groups is 1. The van der Waals surface area contributed by atoms with Crippen molar-refractivity contribution in [2.75, 3.05) is 20.2 Å². The molecule has 0 bridgehead atoms. The van der Waals surface area contributed by atoms with Crippen LogP contribution in [0.15, 0.2) is 24.5 Å². The normalized spacial score (nSPS) is 19.2. The minimum Gasteiger partial charge on any atom is -0.378 e. The maximum atomic E-state index is 12.2. The Morgan fingerprint density at radius 3 is 2.90 bits per heavy atom. The van der Waals surface area contributed by atoms with Gasteiger partial charge in [0.05, 0.1) is 12.1 Å². The van der Waals surface area contributed by atoms with Crippen LogP contribution in [0.1, 0.15) is 44.2 Å². The van der Waals surface area contributed by atoms with Gasteiger partial charge in [-0.1, -0.05) is 6.92 Å². The van der Waals surface area contributed by atoms with Gasteiger partial charge in [0.1, 0.15) is 0 Å². The summed E-state index contributed by atoms with van der Waals surface area (Å²) in [6.07, 6.45) is 7.87. The lowest BCUT2D eigenvalue weighted by molar-refractivity contribution is 0.104. The van der Waals surface area contributed by atoms with Gasteiger partial charge in [0.2, 0.25) is 0 Å². The van der Waals surface area contributed by atoms with Crippen LogP contribution in [0.2, 0.25) is 0 Å². The summed E-state index contributed by atoms with van der Waals surface area (Å²) in [5.74, 6) is 0. The lowest BCUT2D eigenvalue weighted by atomic mass is 10.1. The summed E-state index contributed by atoms with van der Waals surface area (Å²) in [5.41, 5.74) is 1.12. The van der Waals surface area contributed by atoms with Crippen LogP contribution in [0.3, 0.4) is 0 Å². The van der Waals surface area contributed by atoms with Crippen LogP contribution in [0, 0.1) is 0 Å². The predicted molar refractivity (Wildman–Crippen MR) is 82.0 cm³/mol. The minimum absolute atomic E-state index is 0.0309. The zero-order valence-corrected chi connectivity index (χ0v) is 12.9. The second kappa shape index (κ2) is 7.98. The maximum Gasteiger partial charge on any atom is 0.317 e. The fourth-order valence-electron chi connectivity index (χ4n) is 2.80. The number of hydrogen-bond acceptors (Lipinski definition) is 3. The molecule has 1 aliphatic heterocycles. The van der Waals surface area contributed by atoms with Crippen LogP contribution in [-0.2, 0) is 4.74 Å². The van der Waals surface area contributed by atoms with Gasteiger partial charge in [-0.25, -0.2) is 4.79 Å². The number of nitrogens with one attached hydrogen (secondary N) is 1. The fourth-order valence-corrected chi connectivity index (χ4v) is 2.80. The Bertz CT molecular complexity index is 432. The number of nitrogens with zero attached hydrogens (tertiary/aromatic N) is 2. The summed E-state index contributed by atoms with van der Waals surface area (Å²) in [4.78, 5) is 18.0. The predicted octanol–water partition coefficient (Wildman–Crippen LogP) is 2.74. The average molecular weight is 291 g/mol. The molecule has 2 rings (SSSR count). The van der Waals surface area contributed by atoms with Gasteiger partial charge in [-0.3, -0.25) is 4.98 Å². The first kappa shape index (κ1) is 15.8. The van der Waals surface area contributed by atoms with Crippen LogP contribution in [0.5, 0.6) is 0 Å². The molecule has 0 aromatic carbocycles. The van der Waals surface area contributed by atoms with E-state index in [0.717, 1.165) is 37.9 Å². The van der Waals surface area contributed by atoms with Crippen LogP contribution >= 0.6 is 0 Å². The number of aromatic nitrogens is 1. The number of rotatable bonds is 6. The third-order valence-electron chi connectivity index (χ3n) is 4.03. The molecule has 2 amide bonds. The van der Waals surface area contributed by atoms with Crippen LogP contribution < -0.4 is 5.32 Å². The third kappa shape index (κ3) is 4.43. The summed E-state index contributed by atoms with van der Waals surface area (Å²) in [5, 5.41) is 2.99. The van der Waals surface area contributed by atoms with E-state index in [1.165, 1.54) is 0 Å². The Hall–Kier alpha value is -1.62. The molecule has 1 aromatic rings. The standard InChI is InChI=1S/C16H25N3O2/c1-3-15(13-6-9-17-10-7-13)19(2)16(20)18-11-8-14-5-4-12-21-14/h6-7,9-10,14-15H,3-5,8,11-12H2,1-2H3,(H,18,20)/t14-,15-/m0/s1. The minimum atomic E-state index is -0.0309. The Labute approximate surface area is 126 Å². The SMILES string of the molecule is CC[C@@H](c1ccncc1)N(C)C(=O)NCC[C@@H]1CCCO1. The van der Waals surface area contributed by atoms with Gasteiger partial charge in [-0.15, -0.1) is 0 Å². The molecule has 1 saturated heterocycles. The number of hydrogen-bond donors (Lipinski definition) is 1. The highest BCUT2D eigenvalue weighted by Crippen LogP contribution is 2.22. The number of carbonyl (C=O) groups excluding carboxylic acids is 1. The van der Waals surface area contributed by atoms with E-state index in [2.05, 4.69) is 17.2 Å². The monoisotopic (exact) mass is 291 g/mol. The quantitative estimate of drug-likeness (QED) is 0.877. The van der Waals surface area contributed by atoms with Crippen molar-refractivity contribution in [2.45, 2.75) is 44.8 Å². The second-order valence-corrected chi connectivity index (χ2v) is 5.47. The Balaban J connectivity index is 1.82. The van der Waals surface area contributed by atoms with E-state index in [1.54, 1.807) is 17.3 Å². The van der Waals surface area contributed by atoms with E-state index in [9.17, 15) is 4.79 Å². The van der Waals surface area contributed by atoms with E-state index in [-0.39, 0.29) is 12.1 Å². The number of pyridine rings is 1. The maximum absolute atomic E-state index is 12.2. The molecule has 1 N–H and O–H groups in total. The lowest BCUT2D eigenvalue weighted by Crippen LogP contribution is -2.40. The Morgan fingerprint density at radius 1 is 1.52 bits per heavy atom. The van der Waals surface area contributed by atoms with Crippen LogP contribution in [0.25, 0.3) is 0 Å². The topological polar surface area (TPSA) is 54.5 Å². The highest BCUT2D eigenvalue weighted by molar-refractivity contribution is 5.74. The number of amides is 2. The lowest BCUT2D eigenvalue weighted by Gasteiger charge is -2.28. The summed E-state index contributed by atoms with van der Waals surface area (Å²) in [6, 6.07) is 3.97. The summed E-state index contributed by atoms with van der Waals surface area (Å²) in [7, 11) is 1.84. The third-order valence-corrected chi connectivity index (χ3v) is 4.03. The van der Waals surface area contributed by atoms with Gasteiger partial charge in [-0.05, 0) is 43.4 Å². The molecule has 0 aliphatic carbocycles. The van der Waals surface area contributed by atoms with Crippen molar-refractivity contribution in [2.24, 2.45) is 0 Å². The van der Waals surface area contributed by atoms with E-state index >= 15 is 0 Å². The number of ether oxygens (including phenoxy) is 1. The second-order valence-electron chi connectivity index (χ2n) is 5.47.